The standard InChI is InChI=1S/C15H22/c1-4-9-13(6-3)15-12-8-7-11-14(15)10-5-2/h6-8,11-12H,4-5,9-10H2,1-3H3/b13-6-. The first kappa shape index (κ1) is 12.0. The van der Waals surface area contributed by atoms with Gasteiger partial charge in [-0.15, -0.1) is 0 Å². The summed E-state index contributed by atoms with van der Waals surface area (Å²) in [5.74, 6) is 0. The van der Waals surface area contributed by atoms with Crippen LogP contribution in [0.15, 0.2) is 30.3 Å². The van der Waals surface area contributed by atoms with Gasteiger partial charge in [0.25, 0.3) is 0 Å². The van der Waals surface area contributed by atoms with Crippen LogP contribution >= 0.6 is 0 Å². The number of benzene rings is 1. The predicted molar refractivity (Wildman–Crippen MR) is 69.0 cm³/mol. The van der Waals surface area contributed by atoms with Gasteiger partial charge in [-0.25, -0.2) is 0 Å². The second-order valence-corrected chi connectivity index (χ2v) is 3.97. The SMILES string of the molecule is C/C=C(/CCC)c1ccccc1CCC. The molecule has 0 aliphatic heterocycles. The highest BCUT2D eigenvalue weighted by Gasteiger charge is 2.04. The van der Waals surface area contributed by atoms with Gasteiger partial charge >= 0.3 is 0 Å². The average molecular weight is 202 g/mol. The van der Waals surface area contributed by atoms with Gasteiger partial charge in [-0.1, -0.05) is 57.0 Å². The summed E-state index contributed by atoms with van der Waals surface area (Å²) in [6.07, 6.45) is 7.09. The van der Waals surface area contributed by atoms with Gasteiger partial charge in [-0.05, 0) is 36.5 Å². The molecule has 0 atom stereocenters. The summed E-state index contributed by atoms with van der Waals surface area (Å²) >= 11 is 0. The second kappa shape index (κ2) is 6.44. The van der Waals surface area contributed by atoms with Crippen LogP contribution in [0, 0.1) is 0 Å². The second-order valence-electron chi connectivity index (χ2n) is 3.97. The summed E-state index contributed by atoms with van der Waals surface area (Å²) in [6.45, 7) is 6.63. The fourth-order valence-electron chi connectivity index (χ4n) is 2.02. The lowest BCUT2D eigenvalue weighted by Crippen LogP contribution is -1.93. The average Bonchev–Trinajstić information content (AvgIpc) is 2.27. The van der Waals surface area contributed by atoms with E-state index in [4.69, 9.17) is 0 Å². The summed E-state index contributed by atoms with van der Waals surface area (Å²) in [4.78, 5) is 0. The van der Waals surface area contributed by atoms with Gasteiger partial charge in [0.15, 0.2) is 0 Å². The molecule has 0 aromatic heterocycles. The molecule has 0 fully saturated rings. The summed E-state index contributed by atoms with van der Waals surface area (Å²) in [5.41, 5.74) is 4.46. The third-order valence-electron chi connectivity index (χ3n) is 2.75. The van der Waals surface area contributed by atoms with E-state index in [1.807, 2.05) is 0 Å². The first-order valence-electron chi connectivity index (χ1n) is 6.06. The minimum Gasteiger partial charge on any atom is -0.0838 e. The van der Waals surface area contributed by atoms with Gasteiger partial charge in [-0.3, -0.25) is 0 Å². The Bertz CT molecular complexity index is 321. The fourth-order valence-corrected chi connectivity index (χ4v) is 2.02. The maximum Gasteiger partial charge on any atom is -0.0196 e. The third-order valence-corrected chi connectivity index (χ3v) is 2.75. The molecule has 0 bridgehead atoms. The smallest absolute Gasteiger partial charge is 0.0196 e. The molecule has 0 heteroatoms. The van der Waals surface area contributed by atoms with E-state index >= 15 is 0 Å². The lowest BCUT2D eigenvalue weighted by atomic mass is 9.94. The Hall–Kier alpha value is -1.04. The van der Waals surface area contributed by atoms with Crippen molar-refractivity contribution in [2.75, 3.05) is 0 Å². The van der Waals surface area contributed by atoms with Crippen molar-refractivity contribution < 1.29 is 0 Å². The molecule has 0 N–H and O–H groups in total. The third kappa shape index (κ3) is 3.23. The van der Waals surface area contributed by atoms with E-state index < -0.39 is 0 Å². The highest BCUT2D eigenvalue weighted by atomic mass is 14.1. The van der Waals surface area contributed by atoms with Gasteiger partial charge in [0, 0.05) is 0 Å². The molecule has 0 heterocycles. The van der Waals surface area contributed by atoms with Gasteiger partial charge in [-0.2, -0.15) is 0 Å². The molecule has 82 valence electrons. The molecule has 0 saturated heterocycles. The number of hydrogen-bond donors (Lipinski definition) is 0. The Kier molecular flexibility index (Phi) is 5.17. The molecule has 0 aliphatic rings. The fraction of sp³-hybridized carbons (Fsp3) is 0.467. The van der Waals surface area contributed by atoms with E-state index in [0.717, 1.165) is 0 Å². The molecule has 1 aromatic rings. The van der Waals surface area contributed by atoms with E-state index in [1.165, 1.54) is 42.4 Å². The number of rotatable bonds is 5. The molecule has 0 aliphatic carbocycles. The van der Waals surface area contributed by atoms with Crippen LogP contribution in [-0.2, 0) is 6.42 Å². The lowest BCUT2D eigenvalue weighted by molar-refractivity contribution is 0.910. The Morgan fingerprint density at radius 2 is 1.87 bits per heavy atom. The van der Waals surface area contributed by atoms with Crippen molar-refractivity contribution in [1.82, 2.24) is 0 Å². The van der Waals surface area contributed by atoms with Crippen molar-refractivity contribution in [3.05, 3.63) is 41.5 Å². The topological polar surface area (TPSA) is 0 Å². The van der Waals surface area contributed by atoms with Crippen LogP contribution in [0.3, 0.4) is 0 Å². The number of aryl methyl sites for hydroxylation is 1. The van der Waals surface area contributed by atoms with Gasteiger partial charge in [0.2, 0.25) is 0 Å². The van der Waals surface area contributed by atoms with E-state index in [0.29, 0.717) is 0 Å². The first-order chi connectivity index (χ1) is 7.33. The Labute approximate surface area is 94.0 Å². The summed E-state index contributed by atoms with van der Waals surface area (Å²) in [6, 6.07) is 8.81. The predicted octanol–water partition coefficient (Wildman–Crippen LogP) is 4.84. The van der Waals surface area contributed by atoms with E-state index in [9.17, 15) is 0 Å². The number of allylic oxidation sites excluding steroid dienone is 2. The lowest BCUT2D eigenvalue weighted by Gasteiger charge is -2.11. The molecular weight excluding hydrogens is 180 g/mol. The van der Waals surface area contributed by atoms with Crippen molar-refractivity contribution in [1.29, 1.82) is 0 Å². The Morgan fingerprint density at radius 1 is 1.13 bits per heavy atom. The van der Waals surface area contributed by atoms with Crippen molar-refractivity contribution in [2.45, 2.75) is 46.5 Å². The first-order valence-corrected chi connectivity index (χ1v) is 6.06. The van der Waals surface area contributed by atoms with Crippen LogP contribution in [0.25, 0.3) is 5.57 Å². The van der Waals surface area contributed by atoms with Crippen LogP contribution in [0.4, 0.5) is 0 Å². The Morgan fingerprint density at radius 3 is 2.47 bits per heavy atom. The summed E-state index contributed by atoms with van der Waals surface area (Å²) in [5, 5.41) is 0. The van der Waals surface area contributed by atoms with Crippen LogP contribution < -0.4 is 0 Å². The minimum absolute atomic E-state index is 1.19. The minimum atomic E-state index is 1.19. The molecule has 0 unspecified atom stereocenters. The monoisotopic (exact) mass is 202 g/mol. The van der Waals surface area contributed by atoms with Gasteiger partial charge < -0.3 is 0 Å². The molecule has 1 aromatic carbocycles. The zero-order valence-corrected chi connectivity index (χ0v) is 10.2. The maximum absolute atomic E-state index is 2.26. The highest BCUT2D eigenvalue weighted by molar-refractivity contribution is 5.68. The van der Waals surface area contributed by atoms with Crippen molar-refractivity contribution in [3.8, 4) is 0 Å². The van der Waals surface area contributed by atoms with Crippen LogP contribution in [-0.4, -0.2) is 0 Å². The Balaban J connectivity index is 3.00. The zero-order valence-electron chi connectivity index (χ0n) is 10.2. The summed E-state index contributed by atoms with van der Waals surface area (Å²) < 4.78 is 0. The molecule has 1 rings (SSSR count). The van der Waals surface area contributed by atoms with Crippen molar-refractivity contribution >= 4 is 5.57 Å². The van der Waals surface area contributed by atoms with E-state index in [-0.39, 0.29) is 0 Å². The highest BCUT2D eigenvalue weighted by Crippen LogP contribution is 2.24. The van der Waals surface area contributed by atoms with Gasteiger partial charge in [0.05, 0.1) is 0 Å². The molecule has 0 amide bonds. The molecule has 0 saturated carbocycles. The number of hydrogen-bond acceptors (Lipinski definition) is 0. The molecule has 0 radical (unpaired) electrons. The molecular formula is C15H22. The zero-order chi connectivity index (χ0) is 11.1. The maximum atomic E-state index is 2.26. The quantitative estimate of drug-likeness (QED) is 0.640. The molecule has 15 heavy (non-hydrogen) atoms. The van der Waals surface area contributed by atoms with Crippen molar-refractivity contribution in [2.24, 2.45) is 0 Å². The van der Waals surface area contributed by atoms with Gasteiger partial charge in [0.1, 0.15) is 0 Å². The summed E-state index contributed by atoms with van der Waals surface area (Å²) in [7, 11) is 0. The largest absolute Gasteiger partial charge is 0.0838 e. The van der Waals surface area contributed by atoms with Crippen LogP contribution in [0.1, 0.15) is 51.2 Å². The van der Waals surface area contributed by atoms with Crippen LogP contribution in [0.2, 0.25) is 0 Å². The van der Waals surface area contributed by atoms with E-state index in [2.05, 4.69) is 51.1 Å². The van der Waals surface area contributed by atoms with Crippen molar-refractivity contribution in [3.63, 3.8) is 0 Å². The van der Waals surface area contributed by atoms with Crippen LogP contribution in [0.5, 0.6) is 0 Å². The normalized spacial score (nSPS) is 11.8. The molecule has 0 spiro atoms. The van der Waals surface area contributed by atoms with E-state index in [1.54, 1.807) is 0 Å². The molecule has 0 nitrogen and oxygen atoms in total.